The van der Waals surface area contributed by atoms with Crippen molar-refractivity contribution in [2.45, 2.75) is 44.5 Å². The molecule has 1 amide bonds. The molecule has 0 bridgehead atoms. The van der Waals surface area contributed by atoms with Gasteiger partial charge in [0.25, 0.3) is 6.43 Å². The average Bonchev–Trinajstić information content (AvgIpc) is 3.13. The summed E-state index contributed by atoms with van der Waals surface area (Å²) in [4.78, 5) is 16.1. The Labute approximate surface area is 148 Å². The number of rotatable bonds is 6. The van der Waals surface area contributed by atoms with Crippen LogP contribution < -0.4 is 5.32 Å². The van der Waals surface area contributed by atoms with E-state index in [-0.39, 0.29) is 30.1 Å². The van der Waals surface area contributed by atoms with E-state index in [4.69, 9.17) is 4.74 Å². The second-order valence-electron chi connectivity index (χ2n) is 6.03. The average molecular weight is 398 g/mol. The largest absolute Gasteiger partial charge is 0.391 e. The molecule has 2 atom stereocenters. The fourth-order valence-electron chi connectivity index (χ4n) is 3.04. The molecule has 6 nitrogen and oxygen atoms in total. The summed E-state index contributed by atoms with van der Waals surface area (Å²) in [6.45, 7) is 0.176. The number of fused-ring (bicyclic) bond motifs is 1. The van der Waals surface area contributed by atoms with Gasteiger partial charge in [-0.25, -0.2) is 18.3 Å². The van der Waals surface area contributed by atoms with E-state index in [0.29, 0.717) is 5.01 Å². The van der Waals surface area contributed by atoms with E-state index in [1.54, 1.807) is 0 Å². The second kappa shape index (κ2) is 7.06. The third-order valence-corrected chi connectivity index (χ3v) is 4.93. The Morgan fingerprint density at radius 3 is 2.77 bits per heavy atom. The predicted octanol–water partition coefficient (Wildman–Crippen LogP) is 2.87. The van der Waals surface area contributed by atoms with Gasteiger partial charge < -0.3 is 10.1 Å². The maximum Gasteiger partial charge on any atom is 0.391 e. The Morgan fingerprint density at radius 2 is 2.15 bits per heavy atom. The highest BCUT2D eigenvalue weighted by molar-refractivity contribution is 7.16. The molecule has 3 rings (SSSR count). The standard InChI is InChI=1S/C14H15F5N4O2S/c1-25-5-9-22-23-8(10(11(15)16)21-13(23)26-9)3-6-2-7(20-12(6)24)4-14(17,18)19/h6-7,11H,2-5H2,1H3,(H,20,24). The van der Waals surface area contributed by atoms with Gasteiger partial charge >= 0.3 is 6.18 Å². The number of amides is 1. The van der Waals surface area contributed by atoms with Crippen molar-refractivity contribution in [3.8, 4) is 0 Å². The monoisotopic (exact) mass is 398 g/mol. The first-order valence-corrected chi connectivity index (χ1v) is 8.51. The maximum absolute atomic E-state index is 13.3. The molecule has 1 aliphatic rings. The second-order valence-corrected chi connectivity index (χ2v) is 7.07. The fourth-order valence-corrected chi connectivity index (χ4v) is 3.94. The molecule has 0 saturated carbocycles. The summed E-state index contributed by atoms with van der Waals surface area (Å²) >= 11 is 1.07. The van der Waals surface area contributed by atoms with Gasteiger partial charge in [-0.2, -0.15) is 18.3 Å². The van der Waals surface area contributed by atoms with Crippen LogP contribution in [0.2, 0.25) is 0 Å². The van der Waals surface area contributed by atoms with Gasteiger partial charge in [-0.1, -0.05) is 11.3 Å². The van der Waals surface area contributed by atoms with Gasteiger partial charge in [0, 0.05) is 25.5 Å². The molecule has 1 N–H and O–H groups in total. The lowest BCUT2D eigenvalue weighted by molar-refractivity contribution is -0.139. The summed E-state index contributed by atoms with van der Waals surface area (Å²) < 4.78 is 70.3. The van der Waals surface area contributed by atoms with Gasteiger partial charge in [-0.3, -0.25) is 4.79 Å². The molecule has 1 aliphatic heterocycles. The van der Waals surface area contributed by atoms with Gasteiger partial charge in [0.1, 0.15) is 10.7 Å². The van der Waals surface area contributed by atoms with E-state index >= 15 is 0 Å². The van der Waals surface area contributed by atoms with Gasteiger partial charge in [-0.05, 0) is 6.42 Å². The molecule has 0 radical (unpaired) electrons. The lowest BCUT2D eigenvalue weighted by Crippen LogP contribution is -2.30. The Hall–Kier alpha value is -1.82. The molecule has 2 aromatic heterocycles. The van der Waals surface area contributed by atoms with Crippen molar-refractivity contribution in [1.82, 2.24) is 19.9 Å². The van der Waals surface area contributed by atoms with Crippen molar-refractivity contribution in [3.63, 3.8) is 0 Å². The Balaban J connectivity index is 1.85. The molecule has 1 fully saturated rings. The third-order valence-electron chi connectivity index (χ3n) is 4.05. The summed E-state index contributed by atoms with van der Waals surface area (Å²) in [7, 11) is 1.46. The number of carbonyl (C=O) groups is 1. The minimum Gasteiger partial charge on any atom is -0.377 e. The first-order valence-electron chi connectivity index (χ1n) is 7.69. The fraction of sp³-hybridized carbons (Fsp3) is 0.643. The minimum atomic E-state index is -4.41. The van der Waals surface area contributed by atoms with Crippen LogP contribution in [0.5, 0.6) is 0 Å². The first-order chi connectivity index (χ1) is 12.2. The van der Waals surface area contributed by atoms with Gasteiger partial charge in [-0.15, -0.1) is 0 Å². The highest BCUT2D eigenvalue weighted by Crippen LogP contribution is 2.32. The number of nitrogens with zero attached hydrogens (tertiary/aromatic N) is 3. The molecule has 2 aromatic rings. The SMILES string of the molecule is COCc1nn2c(CC3CC(CC(F)(F)F)NC3=O)c(C(F)F)nc2s1. The zero-order valence-electron chi connectivity index (χ0n) is 13.5. The topological polar surface area (TPSA) is 68.5 Å². The number of halogens is 5. The molecule has 0 spiro atoms. The van der Waals surface area contributed by atoms with Gasteiger partial charge in [0.15, 0.2) is 0 Å². The number of aromatic nitrogens is 3. The van der Waals surface area contributed by atoms with E-state index in [9.17, 15) is 26.7 Å². The number of hydrogen-bond donors (Lipinski definition) is 1. The van der Waals surface area contributed by atoms with Crippen LogP contribution in [0.1, 0.15) is 35.7 Å². The van der Waals surface area contributed by atoms with Crippen LogP contribution in [0, 0.1) is 5.92 Å². The number of imidazole rings is 1. The van der Waals surface area contributed by atoms with Crippen molar-refractivity contribution >= 4 is 22.2 Å². The number of hydrogen-bond acceptors (Lipinski definition) is 5. The maximum atomic E-state index is 13.3. The number of ether oxygens (including phenoxy) is 1. The highest BCUT2D eigenvalue weighted by Gasteiger charge is 2.40. The summed E-state index contributed by atoms with van der Waals surface area (Å²) in [5.74, 6) is -1.42. The smallest absolute Gasteiger partial charge is 0.377 e. The van der Waals surface area contributed by atoms with Crippen molar-refractivity contribution in [3.05, 3.63) is 16.4 Å². The molecular weight excluding hydrogens is 383 g/mol. The number of nitrogens with one attached hydrogen (secondary N) is 1. The van der Waals surface area contributed by atoms with Crippen molar-refractivity contribution in [2.75, 3.05) is 7.11 Å². The Morgan fingerprint density at radius 1 is 1.42 bits per heavy atom. The van der Waals surface area contributed by atoms with Crippen molar-refractivity contribution < 1.29 is 31.5 Å². The van der Waals surface area contributed by atoms with Crippen LogP contribution in [-0.4, -0.2) is 39.8 Å². The molecule has 144 valence electrons. The van der Waals surface area contributed by atoms with Crippen LogP contribution in [0.25, 0.3) is 4.96 Å². The molecule has 0 aromatic carbocycles. The Kier molecular flexibility index (Phi) is 5.15. The van der Waals surface area contributed by atoms with Gasteiger partial charge in [0.05, 0.1) is 18.7 Å². The number of alkyl halides is 5. The van der Waals surface area contributed by atoms with E-state index < -0.39 is 42.6 Å². The molecule has 1 saturated heterocycles. The van der Waals surface area contributed by atoms with Crippen LogP contribution >= 0.6 is 11.3 Å². The third kappa shape index (κ3) is 3.95. The molecule has 3 heterocycles. The zero-order chi connectivity index (χ0) is 19.1. The van der Waals surface area contributed by atoms with Crippen LogP contribution in [-0.2, 0) is 22.6 Å². The van der Waals surface area contributed by atoms with Gasteiger partial charge in [0.2, 0.25) is 10.9 Å². The van der Waals surface area contributed by atoms with E-state index in [0.717, 1.165) is 11.3 Å². The summed E-state index contributed by atoms with van der Waals surface area (Å²) in [6, 6.07) is -1.05. The summed E-state index contributed by atoms with van der Waals surface area (Å²) in [5, 5.41) is 6.95. The first kappa shape index (κ1) is 19.0. The molecule has 2 unspecified atom stereocenters. The normalized spacial score (nSPS) is 21.1. The van der Waals surface area contributed by atoms with E-state index in [2.05, 4.69) is 15.4 Å². The summed E-state index contributed by atoms with van der Waals surface area (Å²) in [5.41, 5.74) is -0.457. The molecule has 0 aliphatic carbocycles. The number of carbonyl (C=O) groups excluding carboxylic acids is 1. The molecular formula is C14H15F5N4O2S. The van der Waals surface area contributed by atoms with Crippen molar-refractivity contribution in [1.29, 1.82) is 0 Å². The Bertz CT molecular complexity index is 803. The lowest BCUT2D eigenvalue weighted by atomic mass is 9.97. The minimum absolute atomic E-state index is 0.0430. The summed E-state index contributed by atoms with van der Waals surface area (Å²) in [6.07, 6.45) is -8.66. The lowest BCUT2D eigenvalue weighted by Gasteiger charge is -2.12. The van der Waals surface area contributed by atoms with E-state index in [1.807, 2.05) is 0 Å². The quantitative estimate of drug-likeness (QED) is 0.760. The van der Waals surface area contributed by atoms with Crippen molar-refractivity contribution in [2.24, 2.45) is 5.92 Å². The van der Waals surface area contributed by atoms with Crippen LogP contribution in [0.4, 0.5) is 22.0 Å². The van der Waals surface area contributed by atoms with Crippen LogP contribution in [0.3, 0.4) is 0 Å². The molecule has 12 heteroatoms. The number of methoxy groups -OCH3 is 1. The molecule has 26 heavy (non-hydrogen) atoms. The predicted molar refractivity (Wildman–Crippen MR) is 80.9 cm³/mol. The zero-order valence-corrected chi connectivity index (χ0v) is 14.3. The van der Waals surface area contributed by atoms with E-state index in [1.165, 1.54) is 11.6 Å². The highest BCUT2D eigenvalue weighted by atomic mass is 32.1. The van der Waals surface area contributed by atoms with Crippen LogP contribution in [0.15, 0.2) is 0 Å².